The molecule has 1 aromatic rings. The minimum atomic E-state index is -0.0624. The molecule has 1 aliphatic carbocycles. The molecule has 0 saturated heterocycles. The number of anilines is 2. The first-order valence-corrected chi connectivity index (χ1v) is 6.33. The fourth-order valence-electron chi connectivity index (χ4n) is 1.93. The van der Waals surface area contributed by atoms with Crippen LogP contribution in [0.2, 0.25) is 0 Å². The summed E-state index contributed by atoms with van der Waals surface area (Å²) in [5, 5.41) is 0. The highest BCUT2D eigenvalue weighted by Gasteiger charge is 2.30. The van der Waals surface area contributed by atoms with Crippen molar-refractivity contribution in [1.82, 2.24) is 9.97 Å². The highest BCUT2D eigenvalue weighted by atomic mass is 15.2. The summed E-state index contributed by atoms with van der Waals surface area (Å²) in [6.45, 7) is 9.47. The third kappa shape index (κ3) is 2.68. The van der Waals surface area contributed by atoms with Gasteiger partial charge in [-0.2, -0.15) is 0 Å². The van der Waals surface area contributed by atoms with E-state index in [4.69, 9.17) is 5.73 Å². The van der Waals surface area contributed by atoms with Crippen molar-refractivity contribution in [1.29, 1.82) is 0 Å². The third-order valence-corrected chi connectivity index (χ3v) is 3.03. The van der Waals surface area contributed by atoms with Crippen molar-refractivity contribution in [3.63, 3.8) is 0 Å². The summed E-state index contributed by atoms with van der Waals surface area (Å²) >= 11 is 0. The van der Waals surface area contributed by atoms with E-state index >= 15 is 0 Å². The van der Waals surface area contributed by atoms with Crippen LogP contribution < -0.4 is 10.6 Å². The van der Waals surface area contributed by atoms with E-state index in [1.54, 1.807) is 0 Å². The van der Waals surface area contributed by atoms with Crippen molar-refractivity contribution in [3.8, 4) is 0 Å². The molecule has 0 radical (unpaired) electrons. The molecule has 0 spiro atoms. The first-order chi connectivity index (χ1) is 7.91. The van der Waals surface area contributed by atoms with E-state index in [0.717, 1.165) is 18.2 Å². The normalized spacial score (nSPS) is 16.0. The van der Waals surface area contributed by atoms with Crippen LogP contribution in [0.1, 0.15) is 46.4 Å². The molecule has 4 heteroatoms. The van der Waals surface area contributed by atoms with E-state index in [0.29, 0.717) is 11.9 Å². The minimum absolute atomic E-state index is 0.0624. The molecule has 1 aliphatic rings. The smallest absolute Gasteiger partial charge is 0.138 e. The van der Waals surface area contributed by atoms with E-state index in [1.165, 1.54) is 12.8 Å². The van der Waals surface area contributed by atoms with E-state index in [-0.39, 0.29) is 5.41 Å². The lowest BCUT2D eigenvalue weighted by Crippen LogP contribution is -2.28. The second kappa shape index (κ2) is 4.17. The number of rotatable bonds is 3. The monoisotopic (exact) mass is 234 g/mol. The topological polar surface area (TPSA) is 55.0 Å². The van der Waals surface area contributed by atoms with Crippen LogP contribution in [0.5, 0.6) is 0 Å². The lowest BCUT2D eigenvalue weighted by Gasteiger charge is -2.24. The molecular weight excluding hydrogens is 212 g/mol. The minimum Gasteiger partial charge on any atom is -0.384 e. The predicted octanol–water partition coefficient (Wildman–Crippen LogP) is 2.34. The van der Waals surface area contributed by atoms with Crippen molar-refractivity contribution < 1.29 is 0 Å². The fraction of sp³-hybridized carbons (Fsp3) is 0.692. The quantitative estimate of drug-likeness (QED) is 0.872. The highest BCUT2D eigenvalue weighted by molar-refractivity contribution is 5.49. The van der Waals surface area contributed by atoms with Crippen LogP contribution >= 0.6 is 0 Å². The van der Waals surface area contributed by atoms with E-state index < -0.39 is 0 Å². The first kappa shape index (κ1) is 12.1. The molecule has 2 rings (SSSR count). The van der Waals surface area contributed by atoms with Gasteiger partial charge in [-0.3, -0.25) is 0 Å². The molecule has 4 nitrogen and oxygen atoms in total. The van der Waals surface area contributed by atoms with Crippen LogP contribution in [0.3, 0.4) is 0 Å². The molecule has 0 amide bonds. The van der Waals surface area contributed by atoms with Crippen molar-refractivity contribution >= 4 is 11.6 Å². The highest BCUT2D eigenvalue weighted by Crippen LogP contribution is 2.32. The number of nitrogens with two attached hydrogens (primary N) is 1. The summed E-state index contributed by atoms with van der Waals surface area (Å²) in [6.07, 6.45) is 2.53. The summed E-state index contributed by atoms with van der Waals surface area (Å²) in [6, 6.07) is 2.54. The van der Waals surface area contributed by atoms with Gasteiger partial charge in [0, 0.05) is 24.1 Å². The zero-order valence-electron chi connectivity index (χ0n) is 11.2. The van der Waals surface area contributed by atoms with Gasteiger partial charge in [0.05, 0.1) is 0 Å². The zero-order chi connectivity index (χ0) is 12.6. The van der Waals surface area contributed by atoms with Gasteiger partial charge >= 0.3 is 0 Å². The molecular formula is C13H22N4. The summed E-state index contributed by atoms with van der Waals surface area (Å²) in [5.41, 5.74) is 5.83. The maximum absolute atomic E-state index is 5.89. The van der Waals surface area contributed by atoms with Gasteiger partial charge in [-0.25, -0.2) is 9.97 Å². The fourth-order valence-corrected chi connectivity index (χ4v) is 1.93. The van der Waals surface area contributed by atoms with Gasteiger partial charge in [0.15, 0.2) is 0 Å². The zero-order valence-corrected chi connectivity index (χ0v) is 11.2. The van der Waals surface area contributed by atoms with Crippen molar-refractivity contribution in [3.05, 3.63) is 11.9 Å². The second-order valence-electron chi connectivity index (χ2n) is 5.74. The van der Waals surface area contributed by atoms with Crippen LogP contribution in [-0.2, 0) is 5.41 Å². The molecule has 0 bridgehead atoms. The van der Waals surface area contributed by atoms with Crippen LogP contribution in [0.15, 0.2) is 6.07 Å². The lowest BCUT2D eigenvalue weighted by molar-refractivity contribution is 0.545. The summed E-state index contributed by atoms with van der Waals surface area (Å²) in [7, 11) is 0. The molecule has 2 N–H and O–H groups in total. The largest absolute Gasteiger partial charge is 0.384 e. The third-order valence-electron chi connectivity index (χ3n) is 3.03. The van der Waals surface area contributed by atoms with Crippen molar-refractivity contribution in [2.24, 2.45) is 0 Å². The maximum atomic E-state index is 5.89. The molecule has 17 heavy (non-hydrogen) atoms. The van der Waals surface area contributed by atoms with Crippen LogP contribution in [0.4, 0.5) is 11.6 Å². The Morgan fingerprint density at radius 3 is 2.47 bits per heavy atom. The standard InChI is InChI=1S/C13H22N4/c1-5-17(9-6-7-9)11-8-10(14)15-12(16-11)13(2,3)4/h8-9H,5-7H2,1-4H3,(H2,14,15,16). The molecule has 1 saturated carbocycles. The number of hydrogen-bond acceptors (Lipinski definition) is 4. The molecule has 0 unspecified atom stereocenters. The molecule has 0 aliphatic heterocycles. The Hall–Kier alpha value is -1.32. The number of hydrogen-bond donors (Lipinski definition) is 1. The molecule has 1 heterocycles. The van der Waals surface area contributed by atoms with Gasteiger partial charge in [0.2, 0.25) is 0 Å². The lowest BCUT2D eigenvalue weighted by atomic mass is 9.96. The Morgan fingerprint density at radius 1 is 1.35 bits per heavy atom. The van der Waals surface area contributed by atoms with Gasteiger partial charge in [-0.15, -0.1) is 0 Å². The van der Waals surface area contributed by atoms with Crippen molar-refractivity contribution in [2.75, 3.05) is 17.2 Å². The number of aromatic nitrogens is 2. The van der Waals surface area contributed by atoms with Crippen LogP contribution in [0, 0.1) is 0 Å². The van der Waals surface area contributed by atoms with E-state index in [9.17, 15) is 0 Å². The van der Waals surface area contributed by atoms with Gasteiger partial charge in [-0.05, 0) is 19.8 Å². The SMILES string of the molecule is CCN(c1cc(N)nc(C(C)(C)C)n1)C1CC1. The van der Waals surface area contributed by atoms with Gasteiger partial charge < -0.3 is 10.6 Å². The van der Waals surface area contributed by atoms with Gasteiger partial charge in [0.25, 0.3) is 0 Å². The number of nitrogen functional groups attached to an aromatic ring is 1. The Kier molecular flexibility index (Phi) is 2.98. The average Bonchev–Trinajstić information content (AvgIpc) is 3.01. The second-order valence-corrected chi connectivity index (χ2v) is 5.74. The Balaban J connectivity index is 2.36. The molecule has 94 valence electrons. The number of nitrogens with zero attached hydrogens (tertiary/aromatic N) is 3. The molecule has 1 fully saturated rings. The van der Waals surface area contributed by atoms with E-state index in [2.05, 4.69) is 42.6 Å². The summed E-state index contributed by atoms with van der Waals surface area (Å²) < 4.78 is 0. The molecule has 1 aromatic heterocycles. The van der Waals surface area contributed by atoms with E-state index in [1.807, 2.05) is 6.07 Å². The average molecular weight is 234 g/mol. The molecule has 0 atom stereocenters. The first-order valence-electron chi connectivity index (χ1n) is 6.33. The van der Waals surface area contributed by atoms with Gasteiger partial charge in [-0.1, -0.05) is 20.8 Å². The Morgan fingerprint density at radius 2 is 2.00 bits per heavy atom. The predicted molar refractivity (Wildman–Crippen MR) is 71.2 cm³/mol. The Bertz CT molecular complexity index is 404. The molecule has 0 aromatic carbocycles. The van der Waals surface area contributed by atoms with Crippen LogP contribution in [0.25, 0.3) is 0 Å². The van der Waals surface area contributed by atoms with Crippen molar-refractivity contribution in [2.45, 2.75) is 52.0 Å². The maximum Gasteiger partial charge on any atom is 0.138 e. The summed E-state index contributed by atoms with van der Waals surface area (Å²) in [4.78, 5) is 11.3. The summed E-state index contributed by atoms with van der Waals surface area (Å²) in [5.74, 6) is 2.37. The van der Waals surface area contributed by atoms with Gasteiger partial charge in [0.1, 0.15) is 17.5 Å². The Labute approximate surface area is 103 Å². The van der Waals surface area contributed by atoms with Crippen LogP contribution in [-0.4, -0.2) is 22.6 Å².